The Morgan fingerprint density at radius 3 is 2.00 bits per heavy atom. The van der Waals surface area contributed by atoms with Gasteiger partial charge in [0.15, 0.2) is 0 Å². The van der Waals surface area contributed by atoms with E-state index in [2.05, 4.69) is 20.8 Å². The van der Waals surface area contributed by atoms with Crippen LogP contribution in [-0.2, 0) is 25.7 Å². The van der Waals surface area contributed by atoms with Gasteiger partial charge in [0.1, 0.15) is 0 Å². The van der Waals surface area contributed by atoms with Crippen LogP contribution in [0.1, 0.15) is 46.5 Å². The third-order valence-electron chi connectivity index (χ3n) is 1.75. The Morgan fingerprint density at radius 1 is 1.27 bits per heavy atom. The first-order valence-corrected chi connectivity index (χ1v) is 5.49. The van der Waals surface area contributed by atoms with E-state index in [0.29, 0.717) is 0 Å². The molecule has 0 radical (unpaired) electrons. The zero-order valence-corrected chi connectivity index (χ0v) is 9.28. The maximum absolute atomic E-state index is 8.50. The summed E-state index contributed by atoms with van der Waals surface area (Å²) < 4.78 is 17.0. The maximum atomic E-state index is 8.50. The molecule has 1 atom stereocenters. The van der Waals surface area contributed by atoms with Crippen LogP contribution in [0, 0.1) is 5.92 Å². The number of unbranched alkanes of at least 4 members (excludes halogenated alkanes) is 1. The molecule has 0 aliphatic rings. The molecule has 0 rings (SSSR count). The molecule has 1 unspecified atom stereocenters. The Bertz CT molecular complexity index is 98.3. The van der Waals surface area contributed by atoms with Gasteiger partial charge >= 0.3 is 25.7 Å². The van der Waals surface area contributed by atoms with Gasteiger partial charge < -0.3 is 0 Å². The van der Waals surface area contributed by atoms with Gasteiger partial charge in [0, 0.05) is 0 Å². The van der Waals surface area contributed by atoms with Gasteiger partial charge in [-0.2, -0.15) is 0 Å². The minimum atomic E-state index is -2.00. The quantitative estimate of drug-likeness (QED) is 0.644. The topological polar surface area (TPSA) is 34.1 Å². The SMILES string of the molecule is CCCCC(C)CC.[O]=[Ti]=[O]. The second-order valence-corrected chi connectivity index (χ2v) is 3.00. The Labute approximate surface area is 78.3 Å². The van der Waals surface area contributed by atoms with Crippen LogP contribution >= 0.6 is 0 Å². The van der Waals surface area contributed by atoms with Crippen LogP contribution in [0.3, 0.4) is 0 Å². The van der Waals surface area contributed by atoms with E-state index >= 15 is 0 Å². The molecular weight excluding hydrogens is 176 g/mol. The molecule has 0 aromatic rings. The average Bonchev–Trinajstić information content (AvgIpc) is 2.02. The average molecular weight is 194 g/mol. The van der Waals surface area contributed by atoms with Gasteiger partial charge in [0.05, 0.1) is 0 Å². The summed E-state index contributed by atoms with van der Waals surface area (Å²) in [5.41, 5.74) is 0. The Hall–Kier alpha value is 0.314. The Morgan fingerprint density at radius 2 is 1.73 bits per heavy atom. The van der Waals surface area contributed by atoms with Crippen LogP contribution in [0.2, 0.25) is 0 Å². The summed E-state index contributed by atoms with van der Waals surface area (Å²) in [6.07, 6.45) is 5.53. The molecule has 0 aromatic carbocycles. The van der Waals surface area contributed by atoms with E-state index in [0.717, 1.165) is 5.92 Å². The van der Waals surface area contributed by atoms with E-state index in [1.165, 1.54) is 25.7 Å². The van der Waals surface area contributed by atoms with Crippen molar-refractivity contribution in [3.8, 4) is 0 Å². The molecule has 0 saturated heterocycles. The molecule has 0 bridgehead atoms. The van der Waals surface area contributed by atoms with Crippen LogP contribution in [0.25, 0.3) is 0 Å². The Kier molecular flexibility index (Phi) is 16.3. The Balaban J connectivity index is 0. The van der Waals surface area contributed by atoms with Gasteiger partial charge in [-0.25, -0.2) is 0 Å². The van der Waals surface area contributed by atoms with Crippen LogP contribution in [-0.4, -0.2) is 0 Å². The molecule has 0 N–H and O–H groups in total. The summed E-state index contributed by atoms with van der Waals surface area (Å²) >= 11 is -2.00. The molecule has 3 heteroatoms. The van der Waals surface area contributed by atoms with Crippen LogP contribution in [0.15, 0.2) is 0 Å². The number of hydrogen-bond acceptors (Lipinski definition) is 2. The first kappa shape index (κ1) is 13.9. The van der Waals surface area contributed by atoms with E-state index in [4.69, 9.17) is 6.65 Å². The molecule has 0 amide bonds. The fraction of sp³-hybridized carbons (Fsp3) is 1.00. The summed E-state index contributed by atoms with van der Waals surface area (Å²) in [7, 11) is 0. The van der Waals surface area contributed by atoms with Crippen molar-refractivity contribution in [2.75, 3.05) is 0 Å². The van der Waals surface area contributed by atoms with Gasteiger partial charge in [-0.15, -0.1) is 0 Å². The fourth-order valence-corrected chi connectivity index (χ4v) is 0.757. The van der Waals surface area contributed by atoms with E-state index < -0.39 is 19.1 Å². The molecule has 2 nitrogen and oxygen atoms in total. The third kappa shape index (κ3) is 17.9. The van der Waals surface area contributed by atoms with Gasteiger partial charge in [0.25, 0.3) is 0 Å². The first-order chi connectivity index (χ1) is 5.22. The van der Waals surface area contributed by atoms with E-state index in [1.54, 1.807) is 0 Å². The summed E-state index contributed by atoms with van der Waals surface area (Å²) in [5.74, 6) is 0.954. The molecule has 0 aliphatic carbocycles. The van der Waals surface area contributed by atoms with Crippen molar-refractivity contribution in [3.05, 3.63) is 0 Å². The first-order valence-electron chi connectivity index (χ1n) is 4.22. The summed E-state index contributed by atoms with van der Waals surface area (Å²) in [6, 6.07) is 0. The zero-order chi connectivity index (χ0) is 9.11. The van der Waals surface area contributed by atoms with Crippen molar-refractivity contribution >= 4 is 0 Å². The predicted octanol–water partition coefficient (Wildman–Crippen LogP) is 2.98. The van der Waals surface area contributed by atoms with Crippen LogP contribution in [0.5, 0.6) is 0 Å². The van der Waals surface area contributed by atoms with E-state index in [1.807, 2.05) is 0 Å². The number of hydrogen-bond donors (Lipinski definition) is 0. The molecule has 0 aromatic heterocycles. The van der Waals surface area contributed by atoms with Gasteiger partial charge in [-0.1, -0.05) is 46.5 Å². The third-order valence-corrected chi connectivity index (χ3v) is 1.75. The van der Waals surface area contributed by atoms with Crippen molar-refractivity contribution in [3.63, 3.8) is 0 Å². The van der Waals surface area contributed by atoms with Gasteiger partial charge in [-0.3, -0.25) is 0 Å². The molecule has 0 spiro atoms. The van der Waals surface area contributed by atoms with Crippen LogP contribution < -0.4 is 0 Å². The molecule has 0 aliphatic heterocycles. The standard InChI is InChI=1S/C8H18.2O.Ti/c1-4-6-7-8(3)5-2;;;/h8H,4-7H2,1-3H3;;;. The summed E-state index contributed by atoms with van der Waals surface area (Å²) in [5, 5.41) is 0. The van der Waals surface area contributed by atoms with Gasteiger partial charge in [0.2, 0.25) is 0 Å². The molecule has 66 valence electrons. The second-order valence-electron chi connectivity index (χ2n) is 2.74. The van der Waals surface area contributed by atoms with E-state index in [-0.39, 0.29) is 0 Å². The minimum absolute atomic E-state index is 0.954. The van der Waals surface area contributed by atoms with E-state index in [9.17, 15) is 0 Å². The monoisotopic (exact) mass is 194 g/mol. The number of rotatable bonds is 4. The zero-order valence-electron chi connectivity index (χ0n) is 7.72. The van der Waals surface area contributed by atoms with Crippen molar-refractivity contribution in [2.45, 2.75) is 46.5 Å². The molecule has 0 heterocycles. The van der Waals surface area contributed by atoms with Gasteiger partial charge in [-0.05, 0) is 5.92 Å². The van der Waals surface area contributed by atoms with Crippen molar-refractivity contribution < 1.29 is 25.7 Å². The normalized spacial score (nSPS) is 10.8. The second kappa shape index (κ2) is 12.9. The fourth-order valence-electron chi connectivity index (χ4n) is 0.757. The van der Waals surface area contributed by atoms with Crippen molar-refractivity contribution in [1.29, 1.82) is 0 Å². The summed E-state index contributed by atoms with van der Waals surface area (Å²) in [4.78, 5) is 0. The summed E-state index contributed by atoms with van der Waals surface area (Å²) in [6.45, 7) is 6.85. The van der Waals surface area contributed by atoms with Crippen LogP contribution in [0.4, 0.5) is 0 Å². The van der Waals surface area contributed by atoms with Crippen molar-refractivity contribution in [1.82, 2.24) is 0 Å². The molecule has 0 fully saturated rings. The molecule has 11 heavy (non-hydrogen) atoms. The molecule has 0 saturated carbocycles. The molecular formula is C8H18O2Ti. The predicted molar refractivity (Wildman–Crippen MR) is 40.4 cm³/mol. The van der Waals surface area contributed by atoms with Crippen molar-refractivity contribution in [2.24, 2.45) is 5.92 Å².